The highest BCUT2D eigenvalue weighted by Crippen LogP contribution is 2.35. The number of likely N-dealkylation sites (N-methyl/N-ethyl adjacent to an activating group) is 1. The van der Waals surface area contributed by atoms with Crippen LogP contribution >= 0.6 is 0 Å². The van der Waals surface area contributed by atoms with Crippen molar-refractivity contribution in [2.75, 3.05) is 26.0 Å². The fourth-order valence-electron chi connectivity index (χ4n) is 4.55. The number of ether oxygens (including phenoxy) is 2. The first kappa shape index (κ1) is 29.1. The molecule has 2 atom stereocenters. The lowest BCUT2D eigenvalue weighted by Gasteiger charge is -2.38. The summed E-state index contributed by atoms with van der Waals surface area (Å²) < 4.78 is 51.6. The van der Waals surface area contributed by atoms with Crippen molar-refractivity contribution in [3.63, 3.8) is 0 Å². The Morgan fingerprint density at radius 1 is 1.08 bits per heavy atom. The Hall–Kier alpha value is -3.42. The van der Waals surface area contributed by atoms with Crippen molar-refractivity contribution in [1.29, 1.82) is 0 Å². The molecule has 0 aliphatic heterocycles. The normalized spacial score (nSPS) is 13.7. The summed E-state index contributed by atoms with van der Waals surface area (Å²) >= 11 is 0. The van der Waals surface area contributed by atoms with Crippen molar-refractivity contribution in [1.82, 2.24) is 9.88 Å². The van der Waals surface area contributed by atoms with E-state index in [9.17, 15) is 13.2 Å². The Labute approximate surface area is 223 Å². The maximum atomic E-state index is 13.3. The van der Waals surface area contributed by atoms with Gasteiger partial charge in [0.05, 0.1) is 30.8 Å². The van der Waals surface area contributed by atoms with Gasteiger partial charge in [-0.1, -0.05) is 33.4 Å². The number of anilines is 1. The lowest BCUT2D eigenvalue weighted by atomic mass is 9.84. The fourth-order valence-corrected chi connectivity index (χ4v) is 4.55. The maximum Gasteiger partial charge on any atom is 0.416 e. The molecule has 0 aliphatic carbocycles. The molecule has 2 aromatic carbocycles. The molecular formula is C30H38F3N3O2. The van der Waals surface area contributed by atoms with Crippen LogP contribution in [-0.2, 0) is 6.18 Å². The maximum absolute atomic E-state index is 13.3. The van der Waals surface area contributed by atoms with Crippen LogP contribution in [0.4, 0.5) is 18.9 Å². The lowest BCUT2D eigenvalue weighted by molar-refractivity contribution is -0.137. The van der Waals surface area contributed by atoms with Gasteiger partial charge in [-0.2, -0.15) is 13.2 Å². The van der Waals surface area contributed by atoms with E-state index in [0.717, 1.165) is 51.5 Å². The van der Waals surface area contributed by atoms with Gasteiger partial charge >= 0.3 is 6.18 Å². The molecule has 3 aromatic rings. The second-order valence-corrected chi connectivity index (χ2v) is 10.9. The molecule has 1 aromatic heterocycles. The largest absolute Gasteiger partial charge is 0.496 e. The predicted octanol–water partition coefficient (Wildman–Crippen LogP) is 7.62. The molecule has 38 heavy (non-hydrogen) atoms. The van der Waals surface area contributed by atoms with Crippen LogP contribution < -0.4 is 14.8 Å². The lowest BCUT2D eigenvalue weighted by Crippen LogP contribution is -2.43. The molecule has 0 radical (unpaired) electrons. The number of fused-ring (bicyclic) bond motifs is 1. The third-order valence-electron chi connectivity index (χ3n) is 6.54. The Bertz CT molecular complexity index is 1300. The standard InChI is InChI=1S/C30H38F3N3O2/c1-18-15-26(24-13-14-25(37-9)20(3)27(24)34-18)38-19(2)17-36(8)21(4)28(29(5,6)7)35-23-12-10-11-22(16-23)30(31,32)33/h10-16,19,28,35H,4,17H2,1-3,5-9H3. The molecule has 0 aliphatic rings. The van der Waals surface area contributed by atoms with Crippen molar-refractivity contribution in [2.45, 2.75) is 59.9 Å². The third kappa shape index (κ3) is 6.71. The average molecular weight is 530 g/mol. The molecule has 0 bridgehead atoms. The molecule has 2 unspecified atom stereocenters. The van der Waals surface area contributed by atoms with E-state index >= 15 is 0 Å². The van der Waals surface area contributed by atoms with Crippen LogP contribution in [-0.4, -0.2) is 42.7 Å². The summed E-state index contributed by atoms with van der Waals surface area (Å²) in [6.07, 6.45) is -4.62. The second kappa shape index (κ2) is 11.1. The molecule has 0 saturated carbocycles. The number of rotatable bonds is 9. The summed E-state index contributed by atoms with van der Waals surface area (Å²) in [4.78, 5) is 6.68. The molecule has 0 amide bonds. The van der Waals surface area contributed by atoms with Crippen LogP contribution in [0.25, 0.3) is 10.9 Å². The Balaban J connectivity index is 1.79. The van der Waals surface area contributed by atoms with E-state index in [2.05, 4.69) is 16.9 Å². The topological polar surface area (TPSA) is 46.6 Å². The minimum atomic E-state index is -4.41. The van der Waals surface area contributed by atoms with Gasteiger partial charge in [0.25, 0.3) is 0 Å². The average Bonchev–Trinajstić information content (AvgIpc) is 2.81. The number of methoxy groups -OCH3 is 1. The number of benzene rings is 2. The third-order valence-corrected chi connectivity index (χ3v) is 6.54. The highest BCUT2D eigenvalue weighted by molar-refractivity contribution is 5.89. The van der Waals surface area contributed by atoms with E-state index in [-0.39, 0.29) is 17.6 Å². The number of nitrogens with zero attached hydrogens (tertiary/aromatic N) is 2. The molecule has 0 spiro atoms. The number of pyridine rings is 1. The molecule has 3 rings (SSSR count). The number of hydrogen-bond donors (Lipinski definition) is 1. The molecule has 0 fully saturated rings. The Morgan fingerprint density at radius 2 is 1.76 bits per heavy atom. The van der Waals surface area contributed by atoms with Crippen molar-refractivity contribution in [3.8, 4) is 11.5 Å². The summed E-state index contributed by atoms with van der Waals surface area (Å²) in [7, 11) is 3.55. The number of halogens is 3. The number of hydrogen-bond acceptors (Lipinski definition) is 5. The second-order valence-electron chi connectivity index (χ2n) is 10.9. The quantitative estimate of drug-likeness (QED) is 0.309. The van der Waals surface area contributed by atoms with Gasteiger partial charge in [0.2, 0.25) is 0 Å². The molecule has 0 saturated heterocycles. The van der Waals surface area contributed by atoms with Gasteiger partial charge in [0, 0.05) is 41.1 Å². The summed E-state index contributed by atoms with van der Waals surface area (Å²) in [5.41, 5.74) is 2.76. The van der Waals surface area contributed by atoms with Gasteiger partial charge in [0.1, 0.15) is 17.6 Å². The Kier molecular flexibility index (Phi) is 8.54. The van der Waals surface area contributed by atoms with E-state index in [1.807, 2.05) is 71.7 Å². The number of alkyl halides is 3. The highest BCUT2D eigenvalue weighted by Gasteiger charge is 2.32. The van der Waals surface area contributed by atoms with Gasteiger partial charge < -0.3 is 19.7 Å². The minimum Gasteiger partial charge on any atom is -0.496 e. The monoisotopic (exact) mass is 529 g/mol. The molecule has 5 nitrogen and oxygen atoms in total. The predicted molar refractivity (Wildman–Crippen MR) is 148 cm³/mol. The van der Waals surface area contributed by atoms with Gasteiger partial charge in [-0.15, -0.1) is 0 Å². The highest BCUT2D eigenvalue weighted by atomic mass is 19.4. The van der Waals surface area contributed by atoms with Crippen LogP contribution in [0, 0.1) is 19.3 Å². The van der Waals surface area contributed by atoms with Crippen LogP contribution in [0.5, 0.6) is 11.5 Å². The van der Waals surface area contributed by atoms with Crippen LogP contribution in [0.2, 0.25) is 0 Å². The number of aromatic nitrogens is 1. The molecule has 1 heterocycles. The smallest absolute Gasteiger partial charge is 0.416 e. The van der Waals surface area contributed by atoms with Crippen LogP contribution in [0.3, 0.4) is 0 Å². The van der Waals surface area contributed by atoms with E-state index in [0.29, 0.717) is 12.2 Å². The molecule has 1 N–H and O–H groups in total. The summed E-state index contributed by atoms with van der Waals surface area (Å²) in [5.74, 6) is 1.51. The molecular weight excluding hydrogens is 491 g/mol. The SMILES string of the molecule is C=C(C(Nc1cccc(C(F)(F)F)c1)C(C)(C)C)N(C)CC(C)Oc1cc(C)nc2c(C)c(OC)ccc12. The van der Waals surface area contributed by atoms with E-state index in [1.54, 1.807) is 13.2 Å². The first-order valence-corrected chi connectivity index (χ1v) is 12.6. The van der Waals surface area contributed by atoms with Crippen molar-refractivity contribution >= 4 is 16.6 Å². The van der Waals surface area contributed by atoms with Crippen molar-refractivity contribution in [2.24, 2.45) is 5.41 Å². The van der Waals surface area contributed by atoms with Crippen molar-refractivity contribution < 1.29 is 22.6 Å². The molecule has 206 valence electrons. The Morgan fingerprint density at radius 3 is 2.37 bits per heavy atom. The fraction of sp³-hybridized carbons (Fsp3) is 0.433. The van der Waals surface area contributed by atoms with E-state index < -0.39 is 11.7 Å². The van der Waals surface area contributed by atoms with Gasteiger partial charge in [0.15, 0.2) is 0 Å². The zero-order valence-electron chi connectivity index (χ0n) is 23.5. The van der Waals surface area contributed by atoms with Crippen molar-refractivity contribution in [3.05, 3.63) is 71.6 Å². The zero-order chi connectivity index (χ0) is 28.4. The summed E-state index contributed by atoms with van der Waals surface area (Å²) in [6, 6.07) is 10.7. The van der Waals surface area contributed by atoms with Gasteiger partial charge in [-0.05, 0) is 56.5 Å². The van der Waals surface area contributed by atoms with E-state index in [1.165, 1.54) is 6.07 Å². The van der Waals surface area contributed by atoms with Gasteiger partial charge in [-0.3, -0.25) is 4.98 Å². The van der Waals surface area contributed by atoms with E-state index in [4.69, 9.17) is 9.47 Å². The van der Waals surface area contributed by atoms with Gasteiger partial charge in [-0.25, -0.2) is 0 Å². The van der Waals surface area contributed by atoms with Crippen LogP contribution in [0.15, 0.2) is 54.7 Å². The summed E-state index contributed by atoms with van der Waals surface area (Å²) in [5, 5.41) is 4.19. The number of nitrogens with one attached hydrogen (secondary N) is 1. The number of aryl methyl sites for hydroxylation is 2. The summed E-state index contributed by atoms with van der Waals surface area (Å²) in [6.45, 7) is 16.8. The zero-order valence-corrected chi connectivity index (χ0v) is 23.5. The first-order valence-electron chi connectivity index (χ1n) is 12.6. The molecule has 8 heteroatoms. The minimum absolute atomic E-state index is 0.210. The van der Waals surface area contributed by atoms with Crippen LogP contribution in [0.1, 0.15) is 44.5 Å². The first-order chi connectivity index (χ1) is 17.6.